The molecule has 2 heteroatoms. The van der Waals surface area contributed by atoms with Gasteiger partial charge in [0.1, 0.15) is 0 Å². The highest BCUT2D eigenvalue weighted by molar-refractivity contribution is 7.99. The van der Waals surface area contributed by atoms with E-state index in [0.717, 1.165) is 17.7 Å². The van der Waals surface area contributed by atoms with Crippen LogP contribution in [0.4, 0.5) is 0 Å². The zero-order chi connectivity index (χ0) is 14.4. The highest BCUT2D eigenvalue weighted by Gasteiger charge is 2.05. The standard InChI is InChI=1S/C18H20OS/c1-14-10-11-15(2)18(13-14)20-12-6-9-17(19)16-7-4-3-5-8-16/h3-5,7-8,10-11,13H,6,9,12H2,1-2H3. The van der Waals surface area contributed by atoms with E-state index in [1.54, 1.807) is 0 Å². The van der Waals surface area contributed by atoms with Gasteiger partial charge in [0.25, 0.3) is 0 Å². The molecule has 0 bridgehead atoms. The molecule has 0 spiro atoms. The van der Waals surface area contributed by atoms with Crippen molar-refractivity contribution in [1.29, 1.82) is 0 Å². The summed E-state index contributed by atoms with van der Waals surface area (Å²) in [5, 5.41) is 0. The third-order valence-corrected chi connectivity index (χ3v) is 4.49. The van der Waals surface area contributed by atoms with E-state index < -0.39 is 0 Å². The normalized spacial score (nSPS) is 10.5. The minimum absolute atomic E-state index is 0.243. The van der Waals surface area contributed by atoms with E-state index in [4.69, 9.17) is 0 Å². The second-order valence-corrected chi connectivity index (χ2v) is 6.15. The van der Waals surface area contributed by atoms with Crippen LogP contribution >= 0.6 is 11.8 Å². The number of rotatable bonds is 6. The second kappa shape index (κ2) is 7.30. The number of aryl methyl sites for hydroxylation is 2. The van der Waals surface area contributed by atoms with E-state index in [1.165, 1.54) is 16.0 Å². The minimum Gasteiger partial charge on any atom is -0.294 e. The summed E-state index contributed by atoms with van der Waals surface area (Å²) in [6, 6.07) is 16.1. The first-order valence-corrected chi connectivity index (χ1v) is 7.93. The van der Waals surface area contributed by atoms with Gasteiger partial charge >= 0.3 is 0 Å². The van der Waals surface area contributed by atoms with E-state index in [-0.39, 0.29) is 5.78 Å². The average molecular weight is 284 g/mol. The van der Waals surface area contributed by atoms with Gasteiger partial charge in [0.2, 0.25) is 0 Å². The maximum Gasteiger partial charge on any atom is 0.162 e. The lowest BCUT2D eigenvalue weighted by Gasteiger charge is -2.06. The van der Waals surface area contributed by atoms with Crippen molar-refractivity contribution in [1.82, 2.24) is 0 Å². The third-order valence-electron chi connectivity index (χ3n) is 3.25. The van der Waals surface area contributed by atoms with Gasteiger partial charge in [-0.15, -0.1) is 11.8 Å². The van der Waals surface area contributed by atoms with Gasteiger partial charge in [0, 0.05) is 16.9 Å². The van der Waals surface area contributed by atoms with Gasteiger partial charge in [-0.05, 0) is 37.7 Å². The molecule has 0 fully saturated rings. The fourth-order valence-electron chi connectivity index (χ4n) is 2.05. The molecule has 0 heterocycles. The first-order chi connectivity index (χ1) is 9.66. The molecule has 20 heavy (non-hydrogen) atoms. The van der Waals surface area contributed by atoms with Crippen molar-refractivity contribution in [3.63, 3.8) is 0 Å². The van der Waals surface area contributed by atoms with E-state index in [9.17, 15) is 4.79 Å². The molecule has 2 aromatic rings. The van der Waals surface area contributed by atoms with Gasteiger partial charge in [-0.1, -0.05) is 48.0 Å². The van der Waals surface area contributed by atoms with Gasteiger partial charge in [0.15, 0.2) is 5.78 Å². The molecule has 0 aliphatic heterocycles. The van der Waals surface area contributed by atoms with Crippen LogP contribution in [0.3, 0.4) is 0 Å². The molecule has 0 saturated carbocycles. The molecule has 0 aromatic heterocycles. The Labute approximate surface area is 125 Å². The molecule has 0 unspecified atom stereocenters. The summed E-state index contributed by atoms with van der Waals surface area (Å²) in [4.78, 5) is 13.3. The third kappa shape index (κ3) is 4.24. The van der Waals surface area contributed by atoms with Crippen LogP contribution in [0.25, 0.3) is 0 Å². The molecule has 2 rings (SSSR count). The summed E-state index contributed by atoms with van der Waals surface area (Å²) in [5.41, 5.74) is 3.43. The van der Waals surface area contributed by atoms with Gasteiger partial charge in [0.05, 0.1) is 0 Å². The quantitative estimate of drug-likeness (QED) is 0.419. The van der Waals surface area contributed by atoms with E-state index in [2.05, 4.69) is 32.0 Å². The van der Waals surface area contributed by atoms with Crippen molar-refractivity contribution in [2.75, 3.05) is 5.75 Å². The summed E-state index contributed by atoms with van der Waals surface area (Å²) in [7, 11) is 0. The van der Waals surface area contributed by atoms with Crippen LogP contribution in [-0.2, 0) is 0 Å². The van der Waals surface area contributed by atoms with Crippen molar-refractivity contribution in [3.8, 4) is 0 Å². The Morgan fingerprint density at radius 2 is 1.80 bits per heavy atom. The van der Waals surface area contributed by atoms with Gasteiger partial charge in [-0.2, -0.15) is 0 Å². The second-order valence-electron chi connectivity index (χ2n) is 5.01. The van der Waals surface area contributed by atoms with Gasteiger partial charge in [-0.3, -0.25) is 4.79 Å². The molecule has 2 aromatic carbocycles. The van der Waals surface area contributed by atoms with Crippen molar-refractivity contribution >= 4 is 17.5 Å². The Morgan fingerprint density at radius 3 is 2.55 bits per heavy atom. The smallest absolute Gasteiger partial charge is 0.162 e. The Balaban J connectivity index is 1.79. The van der Waals surface area contributed by atoms with Crippen LogP contribution in [0, 0.1) is 13.8 Å². The minimum atomic E-state index is 0.243. The zero-order valence-corrected chi connectivity index (χ0v) is 12.9. The molecule has 0 atom stereocenters. The van der Waals surface area contributed by atoms with E-state index >= 15 is 0 Å². The summed E-state index contributed by atoms with van der Waals surface area (Å²) in [6.07, 6.45) is 1.55. The molecule has 104 valence electrons. The topological polar surface area (TPSA) is 17.1 Å². The lowest BCUT2D eigenvalue weighted by atomic mass is 10.1. The molecular formula is C18H20OS. The number of thioether (sulfide) groups is 1. The maximum atomic E-state index is 12.0. The molecule has 0 radical (unpaired) electrons. The van der Waals surface area contributed by atoms with Gasteiger partial charge < -0.3 is 0 Å². The number of hydrogen-bond donors (Lipinski definition) is 0. The Bertz CT molecular complexity index is 575. The molecule has 0 N–H and O–H groups in total. The van der Waals surface area contributed by atoms with Crippen molar-refractivity contribution in [3.05, 3.63) is 65.2 Å². The van der Waals surface area contributed by atoms with Crippen LogP contribution in [0.15, 0.2) is 53.4 Å². The molecule has 1 nitrogen and oxygen atoms in total. The first kappa shape index (κ1) is 14.9. The van der Waals surface area contributed by atoms with Crippen molar-refractivity contribution in [2.24, 2.45) is 0 Å². The molecular weight excluding hydrogens is 264 g/mol. The Morgan fingerprint density at radius 1 is 1.05 bits per heavy atom. The summed E-state index contributed by atoms with van der Waals surface area (Å²) >= 11 is 1.85. The first-order valence-electron chi connectivity index (χ1n) is 6.95. The lowest BCUT2D eigenvalue weighted by Crippen LogP contribution is -1.99. The van der Waals surface area contributed by atoms with Crippen LogP contribution in [-0.4, -0.2) is 11.5 Å². The highest BCUT2D eigenvalue weighted by Crippen LogP contribution is 2.24. The molecule has 0 amide bonds. The highest BCUT2D eigenvalue weighted by atomic mass is 32.2. The number of carbonyl (C=O) groups is 1. The molecule has 0 saturated heterocycles. The number of benzene rings is 2. The predicted molar refractivity (Wildman–Crippen MR) is 86.6 cm³/mol. The Hall–Kier alpha value is -1.54. The monoisotopic (exact) mass is 284 g/mol. The van der Waals surface area contributed by atoms with E-state index in [1.807, 2.05) is 42.1 Å². The molecule has 0 aliphatic carbocycles. The number of Topliss-reactive ketones (excluding diaryl/α,β-unsaturated/α-hetero) is 1. The van der Waals surface area contributed by atoms with Crippen molar-refractivity contribution in [2.45, 2.75) is 31.6 Å². The summed E-state index contributed by atoms with van der Waals surface area (Å²) < 4.78 is 0. The number of hydrogen-bond acceptors (Lipinski definition) is 2. The van der Waals surface area contributed by atoms with Gasteiger partial charge in [-0.25, -0.2) is 0 Å². The van der Waals surface area contributed by atoms with Crippen molar-refractivity contribution < 1.29 is 4.79 Å². The van der Waals surface area contributed by atoms with E-state index in [0.29, 0.717) is 6.42 Å². The number of carbonyl (C=O) groups excluding carboxylic acids is 1. The van der Waals surface area contributed by atoms with Crippen LogP contribution in [0.2, 0.25) is 0 Å². The zero-order valence-electron chi connectivity index (χ0n) is 12.1. The van der Waals surface area contributed by atoms with Crippen LogP contribution in [0.5, 0.6) is 0 Å². The van der Waals surface area contributed by atoms with Crippen LogP contribution < -0.4 is 0 Å². The predicted octanol–water partition coefficient (Wildman–Crippen LogP) is 5.06. The molecule has 0 aliphatic rings. The Kier molecular flexibility index (Phi) is 5.42. The summed E-state index contributed by atoms with van der Waals surface area (Å²) in [6.45, 7) is 4.25. The summed E-state index contributed by atoms with van der Waals surface area (Å²) in [5.74, 6) is 1.23. The fraction of sp³-hybridized carbons (Fsp3) is 0.278. The number of ketones is 1. The maximum absolute atomic E-state index is 12.0. The van der Waals surface area contributed by atoms with Crippen LogP contribution in [0.1, 0.15) is 34.3 Å². The SMILES string of the molecule is Cc1ccc(C)c(SCCCC(=O)c2ccccc2)c1. The lowest BCUT2D eigenvalue weighted by molar-refractivity contribution is 0.0982. The largest absolute Gasteiger partial charge is 0.294 e. The fourth-order valence-corrected chi connectivity index (χ4v) is 3.12. The average Bonchev–Trinajstić information content (AvgIpc) is 2.47.